The van der Waals surface area contributed by atoms with Gasteiger partial charge in [-0.1, -0.05) is 30.3 Å². The fraction of sp³-hybridized carbons (Fsp3) is 0.308. The molecule has 1 amide bonds. The Morgan fingerprint density at radius 3 is 2.32 bits per heavy atom. The third-order valence-corrected chi connectivity index (χ3v) is 5.94. The normalized spacial score (nSPS) is 15.2. The molecule has 2 atom stereocenters. The van der Waals surface area contributed by atoms with E-state index in [1.807, 2.05) is 54.3 Å². The smallest absolute Gasteiger partial charge is 0.230 e. The molecule has 0 bridgehead atoms. The van der Waals surface area contributed by atoms with E-state index in [1.54, 1.807) is 25.4 Å². The van der Waals surface area contributed by atoms with Gasteiger partial charge < -0.3 is 9.64 Å². The molecule has 1 aliphatic carbocycles. The van der Waals surface area contributed by atoms with Crippen LogP contribution in [0.4, 0.5) is 4.39 Å². The van der Waals surface area contributed by atoms with Crippen molar-refractivity contribution in [2.45, 2.75) is 38.3 Å². The zero-order chi connectivity index (χ0) is 21.8. The van der Waals surface area contributed by atoms with Gasteiger partial charge in [0.2, 0.25) is 5.91 Å². The first kappa shape index (κ1) is 21.0. The van der Waals surface area contributed by atoms with Crippen molar-refractivity contribution in [3.8, 4) is 5.75 Å². The Labute approximate surface area is 182 Å². The highest BCUT2D eigenvalue weighted by Gasteiger charge is 2.40. The zero-order valence-electron chi connectivity index (χ0n) is 17.9. The summed E-state index contributed by atoms with van der Waals surface area (Å²) in [7, 11) is 1.65. The number of carbonyl (C=O) groups is 1. The number of ether oxygens (including phenoxy) is 1. The first-order valence-corrected chi connectivity index (χ1v) is 10.7. The summed E-state index contributed by atoms with van der Waals surface area (Å²) in [5.41, 5.74) is 2.75. The predicted octanol–water partition coefficient (Wildman–Crippen LogP) is 5.51. The SMILES string of the molecule is COc1ccc(C(C2CC2)N(Cc2ccccn2)C(=O)C(C)c2ccc(F)cc2)cc1. The van der Waals surface area contributed by atoms with Crippen molar-refractivity contribution in [2.24, 2.45) is 5.92 Å². The van der Waals surface area contributed by atoms with Gasteiger partial charge in [0, 0.05) is 6.20 Å². The standard InChI is InChI=1S/C26H27FN2O2/c1-18(19-8-12-22(27)13-9-19)26(30)29(17-23-5-3-4-16-28-23)25(20-6-7-20)21-10-14-24(31-2)15-11-21/h3-5,8-16,18,20,25H,6-7,17H2,1-2H3. The van der Waals surface area contributed by atoms with Gasteiger partial charge in [0.1, 0.15) is 11.6 Å². The maximum atomic E-state index is 13.8. The molecule has 1 heterocycles. The lowest BCUT2D eigenvalue weighted by Crippen LogP contribution is -2.38. The van der Waals surface area contributed by atoms with Crippen LogP contribution < -0.4 is 4.74 Å². The summed E-state index contributed by atoms with van der Waals surface area (Å²) in [5, 5.41) is 0. The summed E-state index contributed by atoms with van der Waals surface area (Å²) < 4.78 is 18.7. The van der Waals surface area contributed by atoms with Crippen LogP contribution in [-0.2, 0) is 11.3 Å². The third kappa shape index (κ3) is 4.93. The van der Waals surface area contributed by atoms with Gasteiger partial charge in [-0.3, -0.25) is 9.78 Å². The lowest BCUT2D eigenvalue weighted by Gasteiger charge is -2.34. The molecule has 0 radical (unpaired) electrons. The first-order valence-electron chi connectivity index (χ1n) is 10.7. The minimum Gasteiger partial charge on any atom is -0.497 e. The molecule has 0 N–H and O–H groups in total. The highest BCUT2D eigenvalue weighted by atomic mass is 19.1. The van der Waals surface area contributed by atoms with Gasteiger partial charge in [0.25, 0.3) is 0 Å². The van der Waals surface area contributed by atoms with Crippen molar-refractivity contribution >= 4 is 5.91 Å². The van der Waals surface area contributed by atoms with Crippen molar-refractivity contribution in [3.05, 3.63) is 95.6 Å². The molecule has 1 saturated carbocycles. The average molecular weight is 419 g/mol. The highest BCUT2D eigenvalue weighted by molar-refractivity contribution is 5.83. The molecule has 31 heavy (non-hydrogen) atoms. The van der Waals surface area contributed by atoms with Crippen molar-refractivity contribution in [2.75, 3.05) is 7.11 Å². The first-order chi connectivity index (χ1) is 15.1. The highest BCUT2D eigenvalue weighted by Crippen LogP contribution is 2.46. The number of halogens is 1. The maximum Gasteiger partial charge on any atom is 0.230 e. The molecule has 0 saturated heterocycles. The predicted molar refractivity (Wildman–Crippen MR) is 118 cm³/mol. The lowest BCUT2D eigenvalue weighted by atomic mass is 9.95. The van der Waals surface area contributed by atoms with Gasteiger partial charge in [-0.15, -0.1) is 0 Å². The molecule has 5 heteroatoms. The Kier molecular flexibility index (Phi) is 6.31. The number of aromatic nitrogens is 1. The summed E-state index contributed by atoms with van der Waals surface area (Å²) in [6, 6.07) is 19.9. The van der Waals surface area contributed by atoms with Gasteiger partial charge in [-0.2, -0.15) is 0 Å². The molecule has 1 aliphatic rings. The van der Waals surface area contributed by atoms with Crippen molar-refractivity contribution in [3.63, 3.8) is 0 Å². The molecule has 3 aromatic rings. The van der Waals surface area contributed by atoms with Crippen LogP contribution in [-0.4, -0.2) is 22.9 Å². The van der Waals surface area contributed by atoms with Crippen LogP contribution in [0, 0.1) is 11.7 Å². The number of benzene rings is 2. The number of amides is 1. The summed E-state index contributed by atoms with van der Waals surface area (Å²) in [6.07, 6.45) is 3.93. The summed E-state index contributed by atoms with van der Waals surface area (Å²) >= 11 is 0. The fourth-order valence-electron chi connectivity index (χ4n) is 4.04. The van der Waals surface area contributed by atoms with Crippen LogP contribution in [0.3, 0.4) is 0 Å². The number of methoxy groups -OCH3 is 1. The van der Waals surface area contributed by atoms with Crippen LogP contribution in [0.5, 0.6) is 5.75 Å². The van der Waals surface area contributed by atoms with Crippen molar-refractivity contribution in [1.82, 2.24) is 9.88 Å². The van der Waals surface area contributed by atoms with Gasteiger partial charge in [0.15, 0.2) is 0 Å². The van der Waals surface area contributed by atoms with E-state index >= 15 is 0 Å². The Bertz CT molecular complexity index is 1000. The molecule has 0 spiro atoms. The molecule has 0 aliphatic heterocycles. The molecule has 1 aromatic heterocycles. The lowest BCUT2D eigenvalue weighted by molar-refractivity contribution is -0.136. The quantitative estimate of drug-likeness (QED) is 0.484. The van der Waals surface area contributed by atoms with E-state index in [0.29, 0.717) is 12.5 Å². The van der Waals surface area contributed by atoms with E-state index < -0.39 is 0 Å². The number of rotatable bonds is 8. The second-order valence-corrected chi connectivity index (χ2v) is 8.12. The van der Waals surface area contributed by atoms with E-state index in [4.69, 9.17) is 4.74 Å². The van der Waals surface area contributed by atoms with Gasteiger partial charge in [-0.05, 0) is 73.2 Å². The van der Waals surface area contributed by atoms with Crippen LogP contribution >= 0.6 is 0 Å². The second kappa shape index (κ2) is 9.29. The van der Waals surface area contributed by atoms with E-state index in [0.717, 1.165) is 35.4 Å². The fourth-order valence-corrected chi connectivity index (χ4v) is 4.04. The summed E-state index contributed by atoms with van der Waals surface area (Å²) in [5.74, 6) is 0.540. The van der Waals surface area contributed by atoms with Gasteiger partial charge >= 0.3 is 0 Å². The molecule has 160 valence electrons. The molecular weight excluding hydrogens is 391 g/mol. The number of hydrogen-bond acceptors (Lipinski definition) is 3. The molecule has 2 aromatic carbocycles. The van der Waals surface area contributed by atoms with Crippen molar-refractivity contribution < 1.29 is 13.9 Å². The number of hydrogen-bond donors (Lipinski definition) is 0. The molecule has 4 rings (SSSR count). The minimum absolute atomic E-state index is 0.0185. The second-order valence-electron chi connectivity index (χ2n) is 8.12. The number of carbonyl (C=O) groups excluding carboxylic acids is 1. The summed E-state index contributed by atoms with van der Waals surface area (Å²) in [4.78, 5) is 20.2. The summed E-state index contributed by atoms with van der Waals surface area (Å²) in [6.45, 7) is 2.32. The van der Waals surface area contributed by atoms with Crippen LogP contribution in [0.15, 0.2) is 72.9 Å². The maximum absolute atomic E-state index is 13.8. The Hall–Kier alpha value is -3.21. The van der Waals surface area contributed by atoms with Gasteiger partial charge in [0.05, 0.1) is 31.3 Å². The third-order valence-electron chi connectivity index (χ3n) is 5.94. The number of pyridine rings is 1. The molecule has 4 nitrogen and oxygen atoms in total. The van der Waals surface area contributed by atoms with Gasteiger partial charge in [-0.25, -0.2) is 4.39 Å². The molecule has 1 fully saturated rings. The van der Waals surface area contributed by atoms with E-state index in [2.05, 4.69) is 4.98 Å². The monoisotopic (exact) mass is 418 g/mol. The Morgan fingerprint density at radius 1 is 1.06 bits per heavy atom. The zero-order valence-corrected chi connectivity index (χ0v) is 17.9. The average Bonchev–Trinajstić information content (AvgIpc) is 3.64. The van der Waals surface area contributed by atoms with Crippen LogP contribution in [0.2, 0.25) is 0 Å². The van der Waals surface area contributed by atoms with E-state index in [-0.39, 0.29) is 23.7 Å². The Morgan fingerprint density at radius 2 is 1.74 bits per heavy atom. The largest absolute Gasteiger partial charge is 0.497 e. The number of nitrogens with zero attached hydrogens (tertiary/aromatic N) is 2. The Balaban J connectivity index is 1.69. The van der Waals surface area contributed by atoms with Crippen LogP contribution in [0.25, 0.3) is 0 Å². The van der Waals surface area contributed by atoms with E-state index in [9.17, 15) is 9.18 Å². The minimum atomic E-state index is -0.385. The van der Waals surface area contributed by atoms with Crippen molar-refractivity contribution in [1.29, 1.82) is 0 Å². The van der Waals surface area contributed by atoms with E-state index in [1.165, 1.54) is 12.1 Å². The molecule has 2 unspecified atom stereocenters. The topological polar surface area (TPSA) is 42.4 Å². The van der Waals surface area contributed by atoms with Crippen LogP contribution in [0.1, 0.15) is 48.5 Å². The molecular formula is C26H27FN2O2.